The fraction of sp³-hybridized carbons (Fsp3) is 0.529. The lowest BCUT2D eigenvalue weighted by molar-refractivity contribution is -0.120. The molecular formula is C17H26ClN3O3. The largest absolute Gasteiger partial charge is 0.495 e. The van der Waals surface area contributed by atoms with Gasteiger partial charge in [-0.1, -0.05) is 19.3 Å². The standard InChI is InChI=1S/C17H25N3O3.ClH/c1-23-15-8-7-13(19-16(21)9-10-18)11-14(15)20-17(22)12-5-3-2-4-6-12;/h7-8,11-12H,2-6,9-10,18H2,1H3,(H,19,21)(H,20,22);1H. The van der Waals surface area contributed by atoms with Gasteiger partial charge in [0.1, 0.15) is 5.75 Å². The van der Waals surface area contributed by atoms with Crippen molar-refractivity contribution >= 4 is 35.6 Å². The van der Waals surface area contributed by atoms with Crippen LogP contribution in [0.15, 0.2) is 18.2 Å². The molecule has 0 bridgehead atoms. The highest BCUT2D eigenvalue weighted by atomic mass is 35.5. The highest BCUT2D eigenvalue weighted by Crippen LogP contribution is 2.30. The smallest absolute Gasteiger partial charge is 0.227 e. The second kappa shape index (κ2) is 10.2. The summed E-state index contributed by atoms with van der Waals surface area (Å²) < 4.78 is 5.29. The van der Waals surface area contributed by atoms with Gasteiger partial charge in [-0.25, -0.2) is 0 Å². The van der Waals surface area contributed by atoms with Crippen LogP contribution in [0.5, 0.6) is 5.75 Å². The molecule has 134 valence electrons. The van der Waals surface area contributed by atoms with Crippen LogP contribution in [-0.2, 0) is 9.59 Å². The lowest BCUT2D eigenvalue weighted by Gasteiger charge is -2.21. The number of hydrogen-bond donors (Lipinski definition) is 3. The zero-order chi connectivity index (χ0) is 16.7. The van der Waals surface area contributed by atoms with Crippen LogP contribution in [0.2, 0.25) is 0 Å². The summed E-state index contributed by atoms with van der Waals surface area (Å²) in [6, 6.07) is 5.19. The molecule has 2 amide bonds. The van der Waals surface area contributed by atoms with Gasteiger partial charge < -0.3 is 21.1 Å². The van der Waals surface area contributed by atoms with E-state index in [9.17, 15) is 9.59 Å². The van der Waals surface area contributed by atoms with E-state index in [4.69, 9.17) is 10.5 Å². The zero-order valence-corrected chi connectivity index (χ0v) is 14.8. The molecular weight excluding hydrogens is 330 g/mol. The van der Waals surface area contributed by atoms with Gasteiger partial charge in [-0.05, 0) is 31.0 Å². The third kappa shape index (κ3) is 5.69. The number of halogens is 1. The molecule has 2 rings (SSSR count). The van der Waals surface area contributed by atoms with Crippen molar-refractivity contribution in [3.63, 3.8) is 0 Å². The fourth-order valence-corrected chi connectivity index (χ4v) is 2.84. The van der Waals surface area contributed by atoms with E-state index in [0.29, 0.717) is 23.7 Å². The molecule has 1 aliphatic carbocycles. The second-order valence-corrected chi connectivity index (χ2v) is 5.83. The molecule has 6 nitrogen and oxygen atoms in total. The molecule has 0 saturated heterocycles. The molecule has 0 aliphatic heterocycles. The minimum absolute atomic E-state index is 0. The maximum atomic E-state index is 12.4. The van der Waals surface area contributed by atoms with Crippen molar-refractivity contribution in [2.45, 2.75) is 38.5 Å². The summed E-state index contributed by atoms with van der Waals surface area (Å²) in [5.41, 5.74) is 6.56. The first-order valence-electron chi connectivity index (χ1n) is 8.13. The minimum atomic E-state index is -0.151. The van der Waals surface area contributed by atoms with Crippen LogP contribution in [0, 0.1) is 5.92 Å². The molecule has 0 spiro atoms. The van der Waals surface area contributed by atoms with Gasteiger partial charge in [0.05, 0.1) is 12.8 Å². The monoisotopic (exact) mass is 355 g/mol. The fourth-order valence-electron chi connectivity index (χ4n) is 2.84. The van der Waals surface area contributed by atoms with E-state index in [1.54, 1.807) is 25.3 Å². The number of rotatable bonds is 6. The molecule has 0 unspecified atom stereocenters. The van der Waals surface area contributed by atoms with Crippen molar-refractivity contribution in [2.24, 2.45) is 11.7 Å². The van der Waals surface area contributed by atoms with Gasteiger partial charge >= 0.3 is 0 Å². The van der Waals surface area contributed by atoms with Gasteiger partial charge in [-0.2, -0.15) is 0 Å². The Balaban J connectivity index is 0.00000288. The third-order valence-electron chi connectivity index (χ3n) is 4.09. The number of hydrogen-bond acceptors (Lipinski definition) is 4. The molecule has 0 aromatic heterocycles. The summed E-state index contributed by atoms with van der Waals surface area (Å²) in [7, 11) is 1.55. The van der Waals surface area contributed by atoms with Crippen molar-refractivity contribution < 1.29 is 14.3 Å². The average molecular weight is 356 g/mol. The van der Waals surface area contributed by atoms with Crippen LogP contribution in [0.1, 0.15) is 38.5 Å². The molecule has 7 heteroatoms. The highest BCUT2D eigenvalue weighted by molar-refractivity contribution is 5.96. The van der Waals surface area contributed by atoms with Crippen molar-refractivity contribution in [3.8, 4) is 5.75 Å². The number of anilines is 2. The summed E-state index contributed by atoms with van der Waals surface area (Å²) in [4.78, 5) is 24.0. The summed E-state index contributed by atoms with van der Waals surface area (Å²) in [5.74, 6) is 0.505. The van der Waals surface area contributed by atoms with E-state index >= 15 is 0 Å². The number of carbonyl (C=O) groups is 2. The summed E-state index contributed by atoms with van der Waals surface area (Å²) in [6.45, 7) is 0.299. The van der Waals surface area contributed by atoms with E-state index in [1.165, 1.54) is 6.42 Å². The van der Waals surface area contributed by atoms with E-state index in [0.717, 1.165) is 25.7 Å². The topological polar surface area (TPSA) is 93.4 Å². The summed E-state index contributed by atoms with van der Waals surface area (Å²) in [5, 5.41) is 5.70. The quantitative estimate of drug-likeness (QED) is 0.731. The number of nitrogens with one attached hydrogen (secondary N) is 2. The van der Waals surface area contributed by atoms with Crippen LogP contribution in [0.25, 0.3) is 0 Å². The maximum Gasteiger partial charge on any atom is 0.227 e. The van der Waals surface area contributed by atoms with E-state index in [1.807, 2.05) is 0 Å². The third-order valence-corrected chi connectivity index (χ3v) is 4.09. The first kappa shape index (κ1) is 20.3. The van der Waals surface area contributed by atoms with Gasteiger partial charge in [0.2, 0.25) is 11.8 Å². The number of benzene rings is 1. The van der Waals surface area contributed by atoms with Gasteiger partial charge in [-0.15, -0.1) is 12.4 Å². The van der Waals surface area contributed by atoms with E-state index < -0.39 is 0 Å². The molecule has 4 N–H and O–H groups in total. The average Bonchev–Trinajstić information content (AvgIpc) is 2.56. The minimum Gasteiger partial charge on any atom is -0.495 e. The summed E-state index contributed by atoms with van der Waals surface area (Å²) >= 11 is 0. The Kier molecular flexibility index (Phi) is 8.57. The molecule has 1 aliphatic rings. The first-order valence-corrected chi connectivity index (χ1v) is 8.13. The van der Waals surface area contributed by atoms with Gasteiger partial charge in [-0.3, -0.25) is 9.59 Å². The van der Waals surface area contributed by atoms with Crippen LogP contribution in [0.3, 0.4) is 0 Å². The van der Waals surface area contributed by atoms with Crippen molar-refractivity contribution in [1.82, 2.24) is 0 Å². The molecule has 1 saturated carbocycles. The molecule has 0 radical (unpaired) electrons. The van der Waals surface area contributed by atoms with Crippen molar-refractivity contribution in [2.75, 3.05) is 24.3 Å². The Morgan fingerprint density at radius 2 is 1.92 bits per heavy atom. The SMILES string of the molecule is COc1ccc(NC(=O)CCN)cc1NC(=O)C1CCCCC1.Cl. The Hall–Kier alpha value is -1.79. The highest BCUT2D eigenvalue weighted by Gasteiger charge is 2.22. The predicted molar refractivity (Wildman–Crippen MR) is 97.7 cm³/mol. The predicted octanol–water partition coefficient (Wildman–Crippen LogP) is 2.92. The van der Waals surface area contributed by atoms with E-state index in [-0.39, 0.29) is 36.6 Å². The lowest BCUT2D eigenvalue weighted by atomic mass is 9.88. The molecule has 1 aromatic carbocycles. The number of ether oxygens (including phenoxy) is 1. The Morgan fingerprint density at radius 1 is 1.21 bits per heavy atom. The Morgan fingerprint density at radius 3 is 2.54 bits per heavy atom. The molecule has 1 fully saturated rings. The van der Waals surface area contributed by atoms with Gasteiger partial charge in [0.15, 0.2) is 0 Å². The van der Waals surface area contributed by atoms with Crippen molar-refractivity contribution in [3.05, 3.63) is 18.2 Å². The maximum absolute atomic E-state index is 12.4. The van der Waals surface area contributed by atoms with Crippen molar-refractivity contribution in [1.29, 1.82) is 0 Å². The molecule has 1 aromatic rings. The van der Waals surface area contributed by atoms with Crippen LogP contribution in [0.4, 0.5) is 11.4 Å². The normalized spacial score (nSPS) is 14.4. The number of nitrogens with two attached hydrogens (primary N) is 1. The first-order chi connectivity index (χ1) is 11.1. The van der Waals surface area contributed by atoms with Crippen LogP contribution >= 0.6 is 12.4 Å². The number of amides is 2. The van der Waals surface area contributed by atoms with Gasteiger partial charge in [0, 0.05) is 24.6 Å². The number of carbonyl (C=O) groups excluding carboxylic acids is 2. The van der Waals surface area contributed by atoms with Crippen LogP contribution in [-0.4, -0.2) is 25.5 Å². The van der Waals surface area contributed by atoms with Gasteiger partial charge in [0.25, 0.3) is 0 Å². The second-order valence-electron chi connectivity index (χ2n) is 5.83. The number of methoxy groups -OCH3 is 1. The molecule has 0 atom stereocenters. The van der Waals surface area contributed by atoms with E-state index in [2.05, 4.69) is 10.6 Å². The molecule has 0 heterocycles. The summed E-state index contributed by atoms with van der Waals surface area (Å²) in [6.07, 6.45) is 5.53. The Bertz CT molecular complexity index is 560. The molecule has 24 heavy (non-hydrogen) atoms. The Labute approximate surface area is 148 Å². The lowest BCUT2D eigenvalue weighted by Crippen LogP contribution is -2.25. The zero-order valence-electron chi connectivity index (χ0n) is 14.0. The van der Waals surface area contributed by atoms with Crippen LogP contribution < -0.4 is 21.1 Å².